The van der Waals surface area contributed by atoms with Gasteiger partial charge in [-0.15, -0.1) is 0 Å². The van der Waals surface area contributed by atoms with Gasteiger partial charge < -0.3 is 14.9 Å². The van der Waals surface area contributed by atoms with Gasteiger partial charge in [0.25, 0.3) is 0 Å². The fourth-order valence-corrected chi connectivity index (χ4v) is 3.18. The van der Waals surface area contributed by atoms with E-state index in [-0.39, 0.29) is 11.6 Å². The van der Waals surface area contributed by atoms with E-state index in [4.69, 9.17) is 0 Å². The lowest BCUT2D eigenvalue weighted by Crippen LogP contribution is -2.47. The van der Waals surface area contributed by atoms with Crippen LogP contribution in [0.25, 0.3) is 10.9 Å². The van der Waals surface area contributed by atoms with Crippen LogP contribution in [0.4, 0.5) is 15.9 Å². The average molecular weight is 323 g/mol. The predicted molar refractivity (Wildman–Crippen MR) is 94.2 cm³/mol. The molecule has 1 aliphatic heterocycles. The van der Waals surface area contributed by atoms with E-state index in [1.54, 1.807) is 12.1 Å². The molecule has 3 aromatic rings. The van der Waals surface area contributed by atoms with Crippen LogP contribution in [-0.4, -0.2) is 36.3 Å². The van der Waals surface area contributed by atoms with Crippen LogP contribution in [0, 0.1) is 5.82 Å². The number of piperazine rings is 1. The van der Waals surface area contributed by atoms with Crippen LogP contribution in [-0.2, 0) is 0 Å². The zero-order valence-corrected chi connectivity index (χ0v) is 13.2. The first-order chi connectivity index (χ1) is 11.7. The number of para-hydroxylation sites is 2. The lowest BCUT2D eigenvalue weighted by Gasteiger charge is -2.36. The highest BCUT2D eigenvalue weighted by Gasteiger charge is 2.20. The van der Waals surface area contributed by atoms with Crippen molar-refractivity contribution in [2.75, 3.05) is 36.0 Å². The van der Waals surface area contributed by atoms with Crippen molar-refractivity contribution in [3.05, 3.63) is 60.4 Å². The third-order valence-electron chi connectivity index (χ3n) is 4.48. The minimum atomic E-state index is -0.181. The van der Waals surface area contributed by atoms with E-state index in [1.807, 2.05) is 36.4 Å². The Kier molecular flexibility index (Phi) is 3.69. The monoisotopic (exact) mass is 323 g/mol. The molecule has 1 aromatic heterocycles. The number of phenols is 1. The summed E-state index contributed by atoms with van der Waals surface area (Å²) in [4.78, 5) is 8.83. The van der Waals surface area contributed by atoms with Crippen molar-refractivity contribution in [1.29, 1.82) is 0 Å². The molecule has 1 aliphatic rings. The molecule has 1 fully saturated rings. The first-order valence-corrected chi connectivity index (χ1v) is 8.05. The number of nitrogens with zero attached hydrogens (tertiary/aromatic N) is 3. The molecule has 1 saturated heterocycles. The van der Waals surface area contributed by atoms with Gasteiger partial charge in [-0.1, -0.05) is 24.3 Å². The van der Waals surface area contributed by atoms with Crippen LogP contribution >= 0.6 is 0 Å². The number of hydrogen-bond donors (Lipinski definition) is 1. The predicted octanol–water partition coefficient (Wildman–Crippen LogP) is 3.41. The molecule has 0 aliphatic carbocycles. The second-order valence-electron chi connectivity index (χ2n) is 5.94. The third kappa shape index (κ3) is 2.62. The highest BCUT2D eigenvalue weighted by molar-refractivity contribution is 5.85. The van der Waals surface area contributed by atoms with E-state index >= 15 is 0 Å². The van der Waals surface area contributed by atoms with Crippen molar-refractivity contribution in [2.45, 2.75) is 0 Å². The number of aromatic nitrogens is 1. The number of halogens is 1. The maximum absolute atomic E-state index is 13.9. The van der Waals surface area contributed by atoms with Gasteiger partial charge in [0.2, 0.25) is 0 Å². The number of fused-ring (bicyclic) bond motifs is 1. The summed E-state index contributed by atoms with van der Waals surface area (Å²) in [5, 5.41) is 10.9. The molecule has 0 amide bonds. The van der Waals surface area contributed by atoms with Crippen LogP contribution in [0.3, 0.4) is 0 Å². The number of phenolic OH excluding ortho intramolecular Hbond substituents is 1. The van der Waals surface area contributed by atoms with Gasteiger partial charge in [0, 0.05) is 31.6 Å². The highest BCUT2D eigenvalue weighted by atomic mass is 19.1. The third-order valence-corrected chi connectivity index (χ3v) is 4.48. The standard InChI is InChI=1S/C19H18FN3O/c20-15-5-1-2-6-16(15)22-10-12-23(13-11-22)18-9-8-14-4-3-7-17(24)19(14)21-18/h1-9,24H,10-13H2. The largest absolute Gasteiger partial charge is 0.506 e. The Balaban J connectivity index is 1.54. The Bertz CT molecular complexity index is 875. The van der Waals surface area contributed by atoms with Crippen LogP contribution in [0.15, 0.2) is 54.6 Å². The van der Waals surface area contributed by atoms with Gasteiger partial charge in [-0.3, -0.25) is 0 Å². The summed E-state index contributed by atoms with van der Waals surface area (Å²) in [7, 11) is 0. The average Bonchev–Trinajstić information content (AvgIpc) is 2.63. The number of hydrogen-bond acceptors (Lipinski definition) is 4. The van der Waals surface area contributed by atoms with Crippen molar-refractivity contribution in [2.24, 2.45) is 0 Å². The number of aromatic hydroxyl groups is 1. The van der Waals surface area contributed by atoms with Crippen molar-refractivity contribution >= 4 is 22.4 Å². The van der Waals surface area contributed by atoms with Crippen molar-refractivity contribution in [3.8, 4) is 5.75 Å². The van der Waals surface area contributed by atoms with Gasteiger partial charge in [-0.05, 0) is 30.3 Å². The zero-order chi connectivity index (χ0) is 16.5. The summed E-state index contributed by atoms with van der Waals surface area (Å²) in [5.74, 6) is 0.858. The fourth-order valence-electron chi connectivity index (χ4n) is 3.18. The fraction of sp³-hybridized carbons (Fsp3) is 0.211. The Hall–Kier alpha value is -2.82. The SMILES string of the molecule is Oc1cccc2ccc(N3CCN(c4ccccc4F)CC3)nc12. The number of pyridine rings is 1. The van der Waals surface area contributed by atoms with E-state index in [1.165, 1.54) is 6.07 Å². The van der Waals surface area contributed by atoms with Crippen LogP contribution in [0.1, 0.15) is 0 Å². The normalized spacial score (nSPS) is 15.0. The number of anilines is 2. The molecule has 0 bridgehead atoms. The summed E-state index contributed by atoms with van der Waals surface area (Å²) in [5.41, 5.74) is 1.27. The van der Waals surface area contributed by atoms with Gasteiger partial charge in [0.15, 0.2) is 0 Å². The van der Waals surface area contributed by atoms with Gasteiger partial charge in [-0.2, -0.15) is 0 Å². The molecule has 0 radical (unpaired) electrons. The summed E-state index contributed by atoms with van der Waals surface area (Å²) >= 11 is 0. The molecule has 4 nitrogen and oxygen atoms in total. The molecule has 5 heteroatoms. The first kappa shape index (κ1) is 14.8. The van der Waals surface area contributed by atoms with Gasteiger partial charge >= 0.3 is 0 Å². The van der Waals surface area contributed by atoms with Gasteiger partial charge in [0.1, 0.15) is 22.9 Å². The minimum Gasteiger partial charge on any atom is -0.506 e. The summed E-state index contributed by atoms with van der Waals surface area (Å²) < 4.78 is 13.9. The Labute approximate surface area is 139 Å². The first-order valence-electron chi connectivity index (χ1n) is 8.05. The number of rotatable bonds is 2. The lowest BCUT2D eigenvalue weighted by atomic mass is 10.2. The Morgan fingerprint density at radius 2 is 1.58 bits per heavy atom. The highest BCUT2D eigenvalue weighted by Crippen LogP contribution is 2.26. The molecule has 1 N–H and O–H groups in total. The van der Waals surface area contributed by atoms with E-state index in [0.29, 0.717) is 11.2 Å². The van der Waals surface area contributed by atoms with Crippen LogP contribution < -0.4 is 9.80 Å². The molecule has 2 aromatic carbocycles. The van der Waals surface area contributed by atoms with Gasteiger partial charge in [-0.25, -0.2) is 9.37 Å². The topological polar surface area (TPSA) is 39.6 Å². The van der Waals surface area contributed by atoms with Gasteiger partial charge in [0.05, 0.1) is 5.69 Å². The summed E-state index contributed by atoms with van der Waals surface area (Å²) in [6, 6.07) is 16.2. The Morgan fingerprint density at radius 1 is 0.833 bits per heavy atom. The molecular weight excluding hydrogens is 305 g/mol. The van der Waals surface area contributed by atoms with Crippen molar-refractivity contribution in [3.63, 3.8) is 0 Å². The van der Waals surface area contributed by atoms with E-state index in [9.17, 15) is 9.50 Å². The summed E-state index contributed by atoms with van der Waals surface area (Å²) in [6.45, 7) is 3.00. The van der Waals surface area contributed by atoms with Crippen LogP contribution in [0.2, 0.25) is 0 Å². The zero-order valence-electron chi connectivity index (χ0n) is 13.2. The quantitative estimate of drug-likeness (QED) is 0.784. The summed E-state index contributed by atoms with van der Waals surface area (Å²) in [6.07, 6.45) is 0. The molecular formula is C19H18FN3O. The molecule has 122 valence electrons. The maximum Gasteiger partial charge on any atom is 0.146 e. The molecule has 0 unspecified atom stereocenters. The molecule has 24 heavy (non-hydrogen) atoms. The number of benzene rings is 2. The van der Waals surface area contributed by atoms with Crippen LogP contribution in [0.5, 0.6) is 5.75 Å². The molecule has 0 saturated carbocycles. The molecule has 0 atom stereocenters. The second kappa shape index (κ2) is 6.00. The smallest absolute Gasteiger partial charge is 0.146 e. The minimum absolute atomic E-state index is 0.181. The maximum atomic E-state index is 13.9. The van der Waals surface area contributed by atoms with E-state index in [2.05, 4.69) is 14.8 Å². The molecule has 2 heterocycles. The Morgan fingerprint density at radius 3 is 2.38 bits per heavy atom. The van der Waals surface area contributed by atoms with Crippen molar-refractivity contribution in [1.82, 2.24) is 4.98 Å². The van der Waals surface area contributed by atoms with Crippen molar-refractivity contribution < 1.29 is 9.50 Å². The molecule has 4 rings (SSSR count). The van der Waals surface area contributed by atoms with E-state index < -0.39 is 0 Å². The second-order valence-corrected chi connectivity index (χ2v) is 5.94. The molecule has 0 spiro atoms. The van der Waals surface area contributed by atoms with E-state index in [0.717, 1.165) is 37.4 Å². The lowest BCUT2D eigenvalue weighted by molar-refractivity contribution is 0.480.